The molecule has 0 aromatic heterocycles. The van der Waals surface area contributed by atoms with Gasteiger partial charge in [-0.2, -0.15) is 0 Å². The van der Waals surface area contributed by atoms with Gasteiger partial charge in [-0.25, -0.2) is 0 Å². The largest absolute Gasteiger partial charge is 0.458 e. The van der Waals surface area contributed by atoms with Gasteiger partial charge >= 0.3 is 5.97 Å². The van der Waals surface area contributed by atoms with E-state index in [1.165, 1.54) is 0 Å². The van der Waals surface area contributed by atoms with Crippen molar-refractivity contribution in [3.63, 3.8) is 0 Å². The van der Waals surface area contributed by atoms with Crippen LogP contribution in [0.25, 0.3) is 0 Å². The van der Waals surface area contributed by atoms with Gasteiger partial charge in [-0.05, 0) is 20.3 Å². The van der Waals surface area contributed by atoms with Gasteiger partial charge < -0.3 is 9.47 Å². The van der Waals surface area contributed by atoms with Gasteiger partial charge in [0.05, 0.1) is 12.3 Å². The van der Waals surface area contributed by atoms with Crippen LogP contribution in [0, 0.1) is 0 Å². The predicted octanol–water partition coefficient (Wildman–Crippen LogP) is 5.05. The summed E-state index contributed by atoms with van der Waals surface area (Å²) in [5, 5.41) is 0. The highest BCUT2D eigenvalue weighted by atomic mass is 16.6. The molecular formula is C24H31NO3. The number of carbonyl (C=O) groups is 1. The Morgan fingerprint density at radius 3 is 2.04 bits per heavy atom. The lowest BCUT2D eigenvalue weighted by Gasteiger charge is -2.24. The van der Waals surface area contributed by atoms with E-state index in [2.05, 4.69) is 11.9 Å². The quantitative estimate of drug-likeness (QED) is 0.311. The Morgan fingerprint density at radius 1 is 0.929 bits per heavy atom. The molecule has 0 atom stereocenters. The van der Waals surface area contributed by atoms with E-state index < -0.39 is 5.60 Å². The molecule has 0 saturated carbocycles. The van der Waals surface area contributed by atoms with E-state index in [9.17, 15) is 4.79 Å². The summed E-state index contributed by atoms with van der Waals surface area (Å²) in [7, 11) is 0. The summed E-state index contributed by atoms with van der Waals surface area (Å²) in [5.74, 6) is -0.331. The number of benzene rings is 2. The molecule has 0 fully saturated rings. The monoisotopic (exact) mass is 381 g/mol. The Labute approximate surface area is 168 Å². The van der Waals surface area contributed by atoms with Gasteiger partial charge in [-0.3, -0.25) is 9.79 Å². The minimum absolute atomic E-state index is 0.0146. The molecule has 0 radical (unpaired) electrons. The molecule has 2 aromatic carbocycles. The number of aliphatic imine (C=N–C) groups is 1. The molecule has 2 aromatic rings. The SMILES string of the molecule is CCCCOCCC(C)(C)OC(=O)CN=C(c1ccccc1)c1ccccc1. The highest BCUT2D eigenvalue weighted by molar-refractivity contribution is 6.13. The number of rotatable bonds is 11. The first-order valence-electron chi connectivity index (χ1n) is 9.97. The van der Waals surface area contributed by atoms with Crippen LogP contribution >= 0.6 is 0 Å². The third-order valence-electron chi connectivity index (χ3n) is 4.34. The highest BCUT2D eigenvalue weighted by Gasteiger charge is 2.22. The zero-order valence-corrected chi connectivity index (χ0v) is 17.2. The van der Waals surface area contributed by atoms with E-state index in [1.54, 1.807) is 0 Å². The van der Waals surface area contributed by atoms with Gasteiger partial charge in [0.25, 0.3) is 0 Å². The molecule has 2 rings (SSSR count). The molecule has 4 nitrogen and oxygen atoms in total. The van der Waals surface area contributed by atoms with Crippen LogP contribution in [0.5, 0.6) is 0 Å². The summed E-state index contributed by atoms with van der Waals surface area (Å²) in [6, 6.07) is 19.8. The lowest BCUT2D eigenvalue weighted by Crippen LogP contribution is -2.31. The molecule has 0 heterocycles. The molecule has 0 N–H and O–H groups in total. The summed E-state index contributed by atoms with van der Waals surface area (Å²) in [4.78, 5) is 17.0. The van der Waals surface area contributed by atoms with Crippen molar-refractivity contribution in [2.75, 3.05) is 19.8 Å². The summed E-state index contributed by atoms with van der Waals surface area (Å²) < 4.78 is 11.2. The maximum absolute atomic E-state index is 12.4. The van der Waals surface area contributed by atoms with Crippen molar-refractivity contribution in [1.29, 1.82) is 0 Å². The first-order valence-corrected chi connectivity index (χ1v) is 9.97. The minimum Gasteiger partial charge on any atom is -0.458 e. The van der Waals surface area contributed by atoms with E-state index >= 15 is 0 Å². The molecule has 0 aliphatic rings. The molecule has 0 spiro atoms. The van der Waals surface area contributed by atoms with Crippen LogP contribution in [0.1, 0.15) is 51.2 Å². The first-order chi connectivity index (χ1) is 13.5. The van der Waals surface area contributed by atoms with Crippen molar-refractivity contribution in [3.05, 3.63) is 71.8 Å². The zero-order chi connectivity index (χ0) is 20.2. The second-order valence-corrected chi connectivity index (χ2v) is 7.35. The predicted molar refractivity (Wildman–Crippen MR) is 114 cm³/mol. The molecule has 0 aliphatic carbocycles. The lowest BCUT2D eigenvalue weighted by atomic mass is 10.0. The molecule has 0 saturated heterocycles. The third kappa shape index (κ3) is 7.65. The fourth-order valence-corrected chi connectivity index (χ4v) is 2.74. The molecule has 0 bridgehead atoms. The second-order valence-electron chi connectivity index (χ2n) is 7.35. The van der Waals surface area contributed by atoms with Crippen molar-refractivity contribution >= 4 is 11.7 Å². The molecular weight excluding hydrogens is 350 g/mol. The summed E-state index contributed by atoms with van der Waals surface area (Å²) in [6.07, 6.45) is 2.83. The molecule has 4 heteroatoms. The number of esters is 1. The van der Waals surface area contributed by atoms with Gasteiger partial charge in [-0.1, -0.05) is 74.0 Å². The van der Waals surface area contributed by atoms with Gasteiger partial charge in [0, 0.05) is 24.2 Å². The standard InChI is InChI=1S/C24H31NO3/c1-4-5-17-27-18-16-24(2,3)28-22(26)19-25-23(20-12-8-6-9-13-20)21-14-10-7-11-15-21/h6-15H,4-5,16-19H2,1-3H3. The fourth-order valence-electron chi connectivity index (χ4n) is 2.74. The first kappa shape index (κ1) is 21.8. The number of carbonyl (C=O) groups excluding carboxylic acids is 1. The third-order valence-corrected chi connectivity index (χ3v) is 4.34. The van der Waals surface area contributed by atoms with E-state index in [-0.39, 0.29) is 12.5 Å². The Balaban J connectivity index is 1.99. The van der Waals surface area contributed by atoms with Crippen molar-refractivity contribution in [2.24, 2.45) is 4.99 Å². The second kappa shape index (κ2) is 11.4. The molecule has 150 valence electrons. The van der Waals surface area contributed by atoms with Crippen molar-refractivity contribution < 1.29 is 14.3 Å². The topological polar surface area (TPSA) is 47.9 Å². The van der Waals surface area contributed by atoms with Crippen molar-refractivity contribution in [3.8, 4) is 0 Å². The Kier molecular flexibility index (Phi) is 8.89. The fraction of sp³-hybridized carbons (Fsp3) is 0.417. The number of hydrogen-bond acceptors (Lipinski definition) is 4. The number of unbranched alkanes of at least 4 members (excludes halogenated alkanes) is 1. The number of ether oxygens (including phenoxy) is 2. The zero-order valence-electron chi connectivity index (χ0n) is 17.2. The van der Waals surface area contributed by atoms with Crippen LogP contribution in [0.4, 0.5) is 0 Å². The molecule has 0 unspecified atom stereocenters. The molecule has 0 aliphatic heterocycles. The Morgan fingerprint density at radius 2 is 1.50 bits per heavy atom. The minimum atomic E-state index is -0.571. The van der Waals surface area contributed by atoms with Gasteiger partial charge in [-0.15, -0.1) is 0 Å². The van der Waals surface area contributed by atoms with Crippen molar-refractivity contribution in [1.82, 2.24) is 0 Å². The van der Waals surface area contributed by atoms with E-state index in [0.29, 0.717) is 13.0 Å². The summed E-state index contributed by atoms with van der Waals surface area (Å²) in [5.41, 5.74) is 2.17. The van der Waals surface area contributed by atoms with E-state index in [0.717, 1.165) is 36.3 Å². The van der Waals surface area contributed by atoms with Gasteiger partial charge in [0.2, 0.25) is 0 Å². The maximum atomic E-state index is 12.4. The number of nitrogens with zero attached hydrogens (tertiary/aromatic N) is 1. The number of hydrogen-bond donors (Lipinski definition) is 0. The smallest absolute Gasteiger partial charge is 0.328 e. The van der Waals surface area contributed by atoms with Crippen LogP contribution in [-0.2, 0) is 14.3 Å². The van der Waals surface area contributed by atoms with Crippen LogP contribution in [0.15, 0.2) is 65.7 Å². The Bertz CT molecular complexity index is 697. The van der Waals surface area contributed by atoms with E-state index in [1.807, 2.05) is 74.5 Å². The average molecular weight is 382 g/mol. The van der Waals surface area contributed by atoms with Crippen molar-refractivity contribution in [2.45, 2.75) is 45.6 Å². The molecule has 0 amide bonds. The van der Waals surface area contributed by atoms with Gasteiger partial charge in [0.15, 0.2) is 0 Å². The Hall–Kier alpha value is -2.46. The molecule has 28 heavy (non-hydrogen) atoms. The highest BCUT2D eigenvalue weighted by Crippen LogP contribution is 2.16. The maximum Gasteiger partial charge on any atom is 0.328 e. The normalized spacial score (nSPS) is 11.1. The summed E-state index contributed by atoms with van der Waals surface area (Å²) >= 11 is 0. The van der Waals surface area contributed by atoms with E-state index in [4.69, 9.17) is 9.47 Å². The van der Waals surface area contributed by atoms with Crippen LogP contribution < -0.4 is 0 Å². The lowest BCUT2D eigenvalue weighted by molar-refractivity contribution is -0.156. The van der Waals surface area contributed by atoms with Crippen LogP contribution in [-0.4, -0.2) is 37.0 Å². The van der Waals surface area contributed by atoms with Crippen LogP contribution in [0.3, 0.4) is 0 Å². The van der Waals surface area contributed by atoms with Crippen LogP contribution in [0.2, 0.25) is 0 Å². The summed E-state index contributed by atoms with van der Waals surface area (Å²) in [6.45, 7) is 7.28. The van der Waals surface area contributed by atoms with Gasteiger partial charge in [0.1, 0.15) is 12.1 Å². The average Bonchev–Trinajstić information content (AvgIpc) is 2.69.